The molecule has 0 aliphatic heterocycles. The first-order valence-corrected chi connectivity index (χ1v) is 10.7. The zero-order valence-corrected chi connectivity index (χ0v) is 18.2. The molecular formula is C25H21ClN2O5. The molecule has 0 saturated heterocycles. The number of fused-ring (bicyclic) bond motifs is 3. The summed E-state index contributed by atoms with van der Waals surface area (Å²) in [5.74, 6) is -2.11. The molecule has 8 heteroatoms. The minimum Gasteiger partial charge on any atom is -0.481 e. The van der Waals surface area contributed by atoms with E-state index in [2.05, 4.69) is 10.6 Å². The van der Waals surface area contributed by atoms with Crippen LogP contribution in [0.4, 0.5) is 10.5 Å². The Balaban J connectivity index is 1.43. The van der Waals surface area contributed by atoms with Gasteiger partial charge in [0, 0.05) is 5.92 Å². The first-order valence-electron chi connectivity index (χ1n) is 10.3. The number of hydrogen-bond acceptors (Lipinski definition) is 4. The summed E-state index contributed by atoms with van der Waals surface area (Å²) in [6, 6.07) is 21.0. The molecule has 0 saturated carbocycles. The molecule has 0 bridgehead atoms. The molecule has 3 aromatic rings. The van der Waals surface area contributed by atoms with Crippen molar-refractivity contribution in [2.45, 2.75) is 18.4 Å². The summed E-state index contributed by atoms with van der Waals surface area (Å²) >= 11 is 6.05. The van der Waals surface area contributed by atoms with Crippen LogP contribution in [0.15, 0.2) is 72.8 Å². The van der Waals surface area contributed by atoms with E-state index in [1.807, 2.05) is 48.5 Å². The lowest BCUT2D eigenvalue weighted by Crippen LogP contribution is -2.45. The van der Waals surface area contributed by atoms with Gasteiger partial charge in [-0.15, -0.1) is 0 Å². The third-order valence-electron chi connectivity index (χ3n) is 5.46. The average Bonchev–Trinajstić information content (AvgIpc) is 3.12. The Kier molecular flexibility index (Phi) is 6.60. The zero-order valence-electron chi connectivity index (χ0n) is 17.5. The average molecular weight is 465 g/mol. The number of carboxylic acids is 1. The molecular weight excluding hydrogens is 444 g/mol. The predicted molar refractivity (Wildman–Crippen MR) is 124 cm³/mol. The van der Waals surface area contributed by atoms with Crippen LogP contribution in [0.1, 0.15) is 23.5 Å². The molecule has 1 unspecified atom stereocenters. The Morgan fingerprint density at radius 2 is 1.48 bits per heavy atom. The van der Waals surface area contributed by atoms with Crippen LogP contribution in [0.25, 0.3) is 11.1 Å². The largest absolute Gasteiger partial charge is 0.481 e. The Hall–Kier alpha value is -3.84. The van der Waals surface area contributed by atoms with Gasteiger partial charge in [0.2, 0.25) is 5.91 Å². The number of carbonyl (C=O) groups excluding carboxylic acids is 2. The first kappa shape index (κ1) is 22.4. The van der Waals surface area contributed by atoms with Gasteiger partial charge in [-0.25, -0.2) is 4.79 Å². The SMILES string of the molecule is O=C(O)CC(NC(=O)OCC1c2ccccc2-c2ccccc21)C(=O)Nc1ccccc1Cl. The molecule has 0 fully saturated rings. The highest BCUT2D eigenvalue weighted by atomic mass is 35.5. The number of nitrogens with one attached hydrogen (secondary N) is 2. The van der Waals surface area contributed by atoms with Crippen molar-refractivity contribution in [2.75, 3.05) is 11.9 Å². The maximum atomic E-state index is 12.6. The molecule has 0 heterocycles. The first-order chi connectivity index (χ1) is 15.9. The third kappa shape index (κ3) is 4.99. The van der Waals surface area contributed by atoms with Crippen molar-refractivity contribution in [3.63, 3.8) is 0 Å². The molecule has 3 N–H and O–H groups in total. The van der Waals surface area contributed by atoms with Crippen LogP contribution in [0.2, 0.25) is 5.02 Å². The number of benzene rings is 3. The topological polar surface area (TPSA) is 105 Å². The summed E-state index contributed by atoms with van der Waals surface area (Å²) < 4.78 is 5.43. The maximum Gasteiger partial charge on any atom is 0.407 e. The highest BCUT2D eigenvalue weighted by molar-refractivity contribution is 6.33. The van der Waals surface area contributed by atoms with Crippen molar-refractivity contribution in [3.05, 3.63) is 88.9 Å². The Bertz CT molecular complexity index is 1170. The number of alkyl carbamates (subject to hydrolysis) is 1. The number of carbonyl (C=O) groups is 3. The quantitative estimate of drug-likeness (QED) is 0.471. The van der Waals surface area contributed by atoms with E-state index < -0.39 is 30.4 Å². The van der Waals surface area contributed by atoms with E-state index in [4.69, 9.17) is 16.3 Å². The van der Waals surface area contributed by atoms with Crippen LogP contribution in [-0.2, 0) is 14.3 Å². The number of aliphatic carboxylic acids is 1. The number of para-hydroxylation sites is 1. The van der Waals surface area contributed by atoms with Crippen LogP contribution in [0, 0.1) is 0 Å². The van der Waals surface area contributed by atoms with Crippen LogP contribution in [-0.4, -0.2) is 35.7 Å². The molecule has 1 atom stereocenters. The van der Waals surface area contributed by atoms with Crippen molar-refractivity contribution in [2.24, 2.45) is 0 Å². The molecule has 33 heavy (non-hydrogen) atoms. The Labute approximate surface area is 195 Å². The predicted octanol–water partition coefficient (Wildman–Crippen LogP) is 4.66. The number of rotatable bonds is 7. The fourth-order valence-electron chi connectivity index (χ4n) is 3.95. The van der Waals surface area contributed by atoms with E-state index in [1.165, 1.54) is 0 Å². The summed E-state index contributed by atoms with van der Waals surface area (Å²) in [5.41, 5.74) is 4.58. The molecule has 4 rings (SSSR count). The highest BCUT2D eigenvalue weighted by Gasteiger charge is 2.30. The van der Waals surface area contributed by atoms with Gasteiger partial charge < -0.3 is 20.5 Å². The van der Waals surface area contributed by atoms with E-state index in [0.29, 0.717) is 10.7 Å². The maximum absolute atomic E-state index is 12.6. The molecule has 7 nitrogen and oxygen atoms in total. The van der Waals surface area contributed by atoms with Gasteiger partial charge in [0.05, 0.1) is 17.1 Å². The van der Waals surface area contributed by atoms with Gasteiger partial charge in [0.1, 0.15) is 12.6 Å². The van der Waals surface area contributed by atoms with Crippen molar-refractivity contribution >= 4 is 35.3 Å². The minimum absolute atomic E-state index is 0.0474. The standard InChI is InChI=1S/C25H21ClN2O5/c26-20-11-5-6-12-21(20)27-24(31)22(13-23(29)30)28-25(32)33-14-19-17-9-3-1-7-15(17)16-8-2-4-10-18(16)19/h1-12,19,22H,13-14H2,(H,27,31)(H,28,32)(H,29,30). The van der Waals surface area contributed by atoms with Crippen LogP contribution in [0.5, 0.6) is 0 Å². The van der Waals surface area contributed by atoms with Crippen LogP contribution in [0.3, 0.4) is 0 Å². The Morgan fingerprint density at radius 3 is 2.09 bits per heavy atom. The number of carboxylic acid groups (broad SMARTS) is 1. The van der Waals surface area contributed by atoms with E-state index in [-0.39, 0.29) is 12.5 Å². The summed E-state index contributed by atoms with van der Waals surface area (Å²) in [5, 5.41) is 14.4. The fraction of sp³-hybridized carbons (Fsp3) is 0.160. The van der Waals surface area contributed by atoms with E-state index in [0.717, 1.165) is 22.3 Å². The molecule has 1 aliphatic rings. The molecule has 1 aliphatic carbocycles. The molecule has 2 amide bonds. The van der Waals surface area contributed by atoms with Gasteiger partial charge in [-0.2, -0.15) is 0 Å². The second-order valence-corrected chi connectivity index (χ2v) is 8.00. The summed E-state index contributed by atoms with van der Waals surface area (Å²) in [7, 11) is 0. The lowest BCUT2D eigenvalue weighted by Gasteiger charge is -2.19. The fourth-order valence-corrected chi connectivity index (χ4v) is 4.13. The number of ether oxygens (including phenoxy) is 1. The molecule has 0 aromatic heterocycles. The molecule has 0 spiro atoms. The summed E-state index contributed by atoms with van der Waals surface area (Å²) in [6.07, 6.45) is -1.49. The van der Waals surface area contributed by atoms with Gasteiger partial charge in [-0.05, 0) is 34.4 Å². The second-order valence-electron chi connectivity index (χ2n) is 7.59. The smallest absolute Gasteiger partial charge is 0.407 e. The van der Waals surface area contributed by atoms with E-state index in [1.54, 1.807) is 24.3 Å². The lowest BCUT2D eigenvalue weighted by atomic mass is 9.98. The minimum atomic E-state index is -1.34. The lowest BCUT2D eigenvalue weighted by molar-refractivity contribution is -0.139. The number of halogens is 1. The summed E-state index contributed by atoms with van der Waals surface area (Å²) in [6.45, 7) is 0.0474. The molecule has 3 aromatic carbocycles. The van der Waals surface area contributed by atoms with Gasteiger partial charge in [-0.3, -0.25) is 9.59 Å². The Morgan fingerprint density at radius 1 is 0.909 bits per heavy atom. The summed E-state index contributed by atoms with van der Waals surface area (Å²) in [4.78, 5) is 36.4. The zero-order chi connectivity index (χ0) is 23.4. The third-order valence-corrected chi connectivity index (χ3v) is 5.79. The van der Waals surface area contributed by atoms with Gasteiger partial charge in [-0.1, -0.05) is 72.3 Å². The molecule has 168 valence electrons. The van der Waals surface area contributed by atoms with E-state index in [9.17, 15) is 19.5 Å². The monoisotopic (exact) mass is 464 g/mol. The van der Waals surface area contributed by atoms with Crippen molar-refractivity contribution in [1.82, 2.24) is 5.32 Å². The van der Waals surface area contributed by atoms with Gasteiger partial charge in [0.25, 0.3) is 0 Å². The highest BCUT2D eigenvalue weighted by Crippen LogP contribution is 2.44. The van der Waals surface area contributed by atoms with Crippen LogP contribution < -0.4 is 10.6 Å². The molecule has 0 radical (unpaired) electrons. The van der Waals surface area contributed by atoms with Crippen molar-refractivity contribution in [1.29, 1.82) is 0 Å². The van der Waals surface area contributed by atoms with Gasteiger partial charge in [0.15, 0.2) is 0 Å². The van der Waals surface area contributed by atoms with Gasteiger partial charge >= 0.3 is 12.1 Å². The van der Waals surface area contributed by atoms with Crippen LogP contribution >= 0.6 is 11.6 Å². The number of hydrogen-bond donors (Lipinski definition) is 3. The van der Waals surface area contributed by atoms with E-state index >= 15 is 0 Å². The number of anilines is 1. The second kappa shape index (κ2) is 9.75. The normalized spacial score (nSPS) is 12.9. The number of amides is 2. The van der Waals surface area contributed by atoms with Crippen molar-refractivity contribution < 1.29 is 24.2 Å². The van der Waals surface area contributed by atoms with Crippen molar-refractivity contribution in [3.8, 4) is 11.1 Å².